The third-order valence-electron chi connectivity index (χ3n) is 4.14. The van der Waals surface area contributed by atoms with Crippen molar-refractivity contribution in [3.8, 4) is 11.1 Å². The topological polar surface area (TPSA) is 87.7 Å². The predicted octanol–water partition coefficient (Wildman–Crippen LogP) is 2.96. The van der Waals surface area contributed by atoms with Crippen molar-refractivity contribution in [2.75, 3.05) is 5.32 Å². The van der Waals surface area contributed by atoms with Crippen LogP contribution >= 0.6 is 0 Å². The first-order valence-corrected chi connectivity index (χ1v) is 8.11. The van der Waals surface area contributed by atoms with Crippen molar-refractivity contribution in [1.29, 1.82) is 0 Å². The highest BCUT2D eigenvalue weighted by molar-refractivity contribution is 6.04. The number of amides is 1. The fraction of sp³-hybridized carbons (Fsp3) is 0.158. The third kappa shape index (κ3) is 3.47. The van der Waals surface area contributed by atoms with E-state index in [4.69, 9.17) is 0 Å². The number of hydrogen-bond acceptors (Lipinski definition) is 4. The molecule has 3 heterocycles. The Kier molecular flexibility index (Phi) is 3.85. The molecule has 25 heavy (non-hydrogen) atoms. The lowest BCUT2D eigenvalue weighted by atomic mass is 10.1. The second-order valence-electron chi connectivity index (χ2n) is 6.09. The van der Waals surface area contributed by atoms with Gasteiger partial charge in [0, 0.05) is 41.5 Å². The van der Waals surface area contributed by atoms with Crippen LogP contribution in [0, 0.1) is 0 Å². The van der Waals surface area contributed by atoms with Gasteiger partial charge in [0.15, 0.2) is 0 Å². The molecule has 0 radical (unpaired) electrons. The Hall–Kier alpha value is -3.28. The normalized spacial score (nSPS) is 13.4. The van der Waals surface area contributed by atoms with Gasteiger partial charge in [0.1, 0.15) is 5.82 Å². The summed E-state index contributed by atoms with van der Waals surface area (Å²) in [4.78, 5) is 35.4. The van der Waals surface area contributed by atoms with Crippen molar-refractivity contribution in [3.63, 3.8) is 0 Å². The Labute approximate surface area is 144 Å². The van der Waals surface area contributed by atoms with Crippen molar-refractivity contribution in [1.82, 2.24) is 15.0 Å². The monoisotopic (exact) mass is 332 g/mol. The van der Waals surface area contributed by atoms with E-state index in [9.17, 15) is 9.59 Å². The quantitative estimate of drug-likeness (QED) is 0.769. The predicted molar refractivity (Wildman–Crippen MR) is 94.5 cm³/mol. The van der Waals surface area contributed by atoms with Gasteiger partial charge in [0.05, 0.1) is 0 Å². The van der Waals surface area contributed by atoms with Crippen molar-refractivity contribution in [2.24, 2.45) is 0 Å². The van der Waals surface area contributed by atoms with Gasteiger partial charge in [-0.15, -0.1) is 0 Å². The minimum Gasteiger partial charge on any atom is -0.326 e. The fourth-order valence-corrected chi connectivity index (χ4v) is 2.71. The van der Waals surface area contributed by atoms with E-state index < -0.39 is 0 Å². The van der Waals surface area contributed by atoms with Crippen LogP contribution in [0.4, 0.5) is 5.82 Å². The standard InChI is InChI=1S/C19H16N4O2/c24-18-10-15(8-16(22-18)12-3-4-12)19(25)23-17-9-13(5-7-21-17)14-2-1-6-20-11-14/h1-2,5-12H,3-4H2,(H,22,24)(H,21,23,25). The summed E-state index contributed by atoms with van der Waals surface area (Å²) in [6.07, 6.45) is 7.19. The molecule has 3 aromatic rings. The molecule has 6 nitrogen and oxygen atoms in total. The molecule has 0 saturated heterocycles. The first kappa shape index (κ1) is 15.3. The van der Waals surface area contributed by atoms with Crippen LogP contribution in [0.5, 0.6) is 0 Å². The zero-order chi connectivity index (χ0) is 17.2. The van der Waals surface area contributed by atoms with E-state index in [-0.39, 0.29) is 11.5 Å². The van der Waals surface area contributed by atoms with Crippen molar-refractivity contribution in [2.45, 2.75) is 18.8 Å². The number of H-pyrrole nitrogens is 1. The number of aromatic nitrogens is 3. The number of anilines is 1. The largest absolute Gasteiger partial charge is 0.326 e. The highest BCUT2D eigenvalue weighted by Gasteiger charge is 2.25. The maximum absolute atomic E-state index is 12.5. The Morgan fingerprint density at radius 1 is 1.12 bits per heavy atom. The van der Waals surface area contributed by atoms with Gasteiger partial charge < -0.3 is 10.3 Å². The molecule has 2 N–H and O–H groups in total. The van der Waals surface area contributed by atoms with Gasteiger partial charge in [-0.25, -0.2) is 4.98 Å². The van der Waals surface area contributed by atoms with E-state index in [1.165, 1.54) is 6.07 Å². The molecule has 0 spiro atoms. The molecule has 3 aromatic heterocycles. The average molecular weight is 332 g/mol. The summed E-state index contributed by atoms with van der Waals surface area (Å²) in [5, 5.41) is 2.76. The number of carbonyl (C=O) groups excluding carboxylic acids is 1. The van der Waals surface area contributed by atoms with E-state index in [0.717, 1.165) is 29.7 Å². The maximum Gasteiger partial charge on any atom is 0.257 e. The van der Waals surface area contributed by atoms with Gasteiger partial charge in [0.2, 0.25) is 5.56 Å². The van der Waals surface area contributed by atoms with E-state index in [0.29, 0.717) is 17.3 Å². The number of carbonyl (C=O) groups is 1. The molecule has 124 valence electrons. The molecule has 6 heteroatoms. The van der Waals surface area contributed by atoms with Crippen LogP contribution in [0.1, 0.15) is 34.8 Å². The van der Waals surface area contributed by atoms with Crippen LogP contribution < -0.4 is 10.9 Å². The van der Waals surface area contributed by atoms with Crippen molar-refractivity contribution >= 4 is 11.7 Å². The summed E-state index contributed by atoms with van der Waals surface area (Å²) in [7, 11) is 0. The van der Waals surface area contributed by atoms with Gasteiger partial charge in [-0.1, -0.05) is 6.07 Å². The Bertz CT molecular complexity index is 978. The minimum atomic E-state index is -0.344. The zero-order valence-corrected chi connectivity index (χ0v) is 13.4. The molecule has 0 aliphatic heterocycles. The van der Waals surface area contributed by atoms with E-state index in [2.05, 4.69) is 20.3 Å². The van der Waals surface area contributed by atoms with Crippen molar-refractivity contribution in [3.05, 3.63) is 76.6 Å². The summed E-state index contributed by atoms with van der Waals surface area (Å²) in [6.45, 7) is 0. The Morgan fingerprint density at radius 2 is 2.00 bits per heavy atom. The van der Waals surface area contributed by atoms with Gasteiger partial charge in [-0.3, -0.25) is 14.6 Å². The summed E-state index contributed by atoms with van der Waals surface area (Å²) in [5.41, 5.74) is 2.76. The van der Waals surface area contributed by atoms with E-state index in [1.807, 2.05) is 18.2 Å². The highest BCUT2D eigenvalue weighted by Crippen LogP contribution is 2.38. The number of hydrogen-bond donors (Lipinski definition) is 2. The van der Waals surface area contributed by atoms with Crippen LogP contribution in [0.25, 0.3) is 11.1 Å². The van der Waals surface area contributed by atoms with Gasteiger partial charge in [-0.05, 0) is 48.6 Å². The lowest BCUT2D eigenvalue weighted by Gasteiger charge is -2.07. The average Bonchev–Trinajstić information content (AvgIpc) is 3.47. The van der Waals surface area contributed by atoms with E-state index >= 15 is 0 Å². The summed E-state index contributed by atoms with van der Waals surface area (Å²) in [5.74, 6) is 0.455. The van der Waals surface area contributed by atoms with Crippen molar-refractivity contribution < 1.29 is 4.79 Å². The first-order chi connectivity index (χ1) is 12.2. The molecular formula is C19H16N4O2. The molecule has 0 atom stereocenters. The number of rotatable bonds is 4. The first-order valence-electron chi connectivity index (χ1n) is 8.11. The number of nitrogens with one attached hydrogen (secondary N) is 2. The molecular weight excluding hydrogens is 316 g/mol. The summed E-state index contributed by atoms with van der Waals surface area (Å²) < 4.78 is 0. The van der Waals surface area contributed by atoms with E-state index in [1.54, 1.807) is 30.7 Å². The molecule has 1 amide bonds. The van der Waals surface area contributed by atoms with Crippen LogP contribution in [-0.2, 0) is 0 Å². The Balaban J connectivity index is 1.58. The lowest BCUT2D eigenvalue weighted by Crippen LogP contribution is -2.18. The smallest absolute Gasteiger partial charge is 0.257 e. The van der Waals surface area contributed by atoms with Crippen LogP contribution in [0.2, 0.25) is 0 Å². The highest BCUT2D eigenvalue weighted by atomic mass is 16.2. The van der Waals surface area contributed by atoms with Gasteiger partial charge >= 0.3 is 0 Å². The summed E-state index contributed by atoms with van der Waals surface area (Å²) >= 11 is 0. The summed E-state index contributed by atoms with van der Waals surface area (Å²) in [6, 6.07) is 10.5. The van der Waals surface area contributed by atoms with Gasteiger partial charge in [0.25, 0.3) is 5.91 Å². The molecule has 1 fully saturated rings. The lowest BCUT2D eigenvalue weighted by molar-refractivity contribution is 0.102. The maximum atomic E-state index is 12.5. The third-order valence-corrected chi connectivity index (χ3v) is 4.14. The molecule has 1 aliphatic rings. The zero-order valence-electron chi connectivity index (χ0n) is 13.4. The number of aromatic amines is 1. The minimum absolute atomic E-state index is 0.258. The molecule has 0 bridgehead atoms. The van der Waals surface area contributed by atoms with Crippen LogP contribution in [0.3, 0.4) is 0 Å². The number of pyridine rings is 3. The van der Waals surface area contributed by atoms with Gasteiger partial charge in [-0.2, -0.15) is 0 Å². The molecule has 4 rings (SSSR count). The molecule has 1 saturated carbocycles. The second kappa shape index (κ2) is 6.32. The SMILES string of the molecule is O=C(Nc1cc(-c2cccnc2)ccn1)c1cc(C2CC2)[nH]c(=O)c1. The molecule has 0 unspecified atom stereocenters. The van der Waals surface area contributed by atoms with Crippen LogP contribution in [0.15, 0.2) is 59.8 Å². The Morgan fingerprint density at radius 3 is 2.76 bits per heavy atom. The second-order valence-corrected chi connectivity index (χ2v) is 6.09. The van der Waals surface area contributed by atoms with Crippen LogP contribution in [-0.4, -0.2) is 20.9 Å². The fourth-order valence-electron chi connectivity index (χ4n) is 2.71. The number of nitrogens with zero attached hydrogens (tertiary/aromatic N) is 2. The molecule has 0 aromatic carbocycles. The molecule has 1 aliphatic carbocycles.